The van der Waals surface area contributed by atoms with Crippen LogP contribution in [-0.4, -0.2) is 29.1 Å². The Kier molecular flexibility index (Phi) is 3.43. The molecule has 4 nitrogen and oxygen atoms in total. The van der Waals surface area contributed by atoms with Gasteiger partial charge in [0.2, 0.25) is 0 Å². The van der Waals surface area contributed by atoms with Crippen molar-refractivity contribution >= 4 is 27.4 Å². The highest BCUT2D eigenvalue weighted by Crippen LogP contribution is 2.32. The zero-order valence-electron chi connectivity index (χ0n) is 10.4. The standard InChI is InChI=1S/C13H18N4S/c14-6-4-10-3-1-2-7-17(10)13-12-11(5-8-18-12)15-9-16-13/h5,8-10H,1-4,6-7,14H2. The number of aromatic nitrogens is 2. The fraction of sp³-hybridized carbons (Fsp3) is 0.538. The third kappa shape index (κ3) is 2.08. The van der Waals surface area contributed by atoms with E-state index in [2.05, 4.69) is 26.3 Å². The molecular weight excluding hydrogens is 244 g/mol. The summed E-state index contributed by atoms with van der Waals surface area (Å²) in [7, 11) is 0. The van der Waals surface area contributed by atoms with E-state index in [0.717, 1.165) is 30.8 Å². The van der Waals surface area contributed by atoms with Crippen molar-refractivity contribution in [3.63, 3.8) is 0 Å². The molecule has 0 aliphatic carbocycles. The smallest absolute Gasteiger partial charge is 0.150 e. The number of anilines is 1. The molecule has 1 aliphatic heterocycles. The Morgan fingerprint density at radius 2 is 2.33 bits per heavy atom. The van der Waals surface area contributed by atoms with Crippen molar-refractivity contribution in [3.8, 4) is 0 Å². The molecule has 0 radical (unpaired) electrons. The predicted molar refractivity (Wildman–Crippen MR) is 76.1 cm³/mol. The van der Waals surface area contributed by atoms with E-state index in [1.165, 1.54) is 24.0 Å². The monoisotopic (exact) mass is 262 g/mol. The molecule has 1 fully saturated rings. The lowest BCUT2D eigenvalue weighted by molar-refractivity contribution is 0.440. The van der Waals surface area contributed by atoms with Crippen molar-refractivity contribution in [2.75, 3.05) is 18.0 Å². The number of hydrogen-bond donors (Lipinski definition) is 1. The van der Waals surface area contributed by atoms with Crippen LogP contribution in [0.4, 0.5) is 5.82 Å². The van der Waals surface area contributed by atoms with Crippen molar-refractivity contribution in [1.29, 1.82) is 0 Å². The summed E-state index contributed by atoms with van der Waals surface area (Å²) in [6.45, 7) is 1.84. The Bertz CT molecular complexity index is 522. The van der Waals surface area contributed by atoms with E-state index in [1.54, 1.807) is 17.7 Å². The maximum absolute atomic E-state index is 5.74. The average molecular weight is 262 g/mol. The van der Waals surface area contributed by atoms with Crippen LogP contribution in [-0.2, 0) is 0 Å². The molecule has 3 heterocycles. The number of thiophene rings is 1. The first kappa shape index (κ1) is 11.9. The first-order chi connectivity index (χ1) is 8.90. The van der Waals surface area contributed by atoms with Crippen molar-refractivity contribution in [2.45, 2.75) is 31.7 Å². The van der Waals surface area contributed by atoms with Gasteiger partial charge in [-0.05, 0) is 43.7 Å². The quantitative estimate of drug-likeness (QED) is 0.923. The first-order valence-corrected chi connectivity index (χ1v) is 7.43. The summed E-state index contributed by atoms with van der Waals surface area (Å²) in [6.07, 6.45) is 6.52. The third-order valence-electron chi connectivity index (χ3n) is 3.62. The molecule has 3 rings (SSSR count). The second-order valence-electron chi connectivity index (χ2n) is 4.75. The number of nitrogens with two attached hydrogens (primary N) is 1. The summed E-state index contributed by atoms with van der Waals surface area (Å²) in [5.41, 5.74) is 6.79. The molecule has 0 saturated carbocycles. The van der Waals surface area contributed by atoms with E-state index in [1.807, 2.05) is 0 Å². The molecule has 2 N–H and O–H groups in total. The molecule has 2 aromatic rings. The van der Waals surface area contributed by atoms with Crippen LogP contribution in [0.3, 0.4) is 0 Å². The van der Waals surface area contributed by atoms with Crippen LogP contribution in [0.2, 0.25) is 0 Å². The fourth-order valence-corrected chi connectivity index (χ4v) is 3.60. The molecule has 0 spiro atoms. The Labute approximate surface area is 111 Å². The van der Waals surface area contributed by atoms with Gasteiger partial charge in [0.1, 0.15) is 12.1 Å². The summed E-state index contributed by atoms with van der Waals surface area (Å²) < 4.78 is 1.21. The molecule has 0 amide bonds. The Morgan fingerprint density at radius 1 is 1.39 bits per heavy atom. The Morgan fingerprint density at radius 3 is 3.22 bits per heavy atom. The van der Waals surface area contributed by atoms with Gasteiger partial charge in [0.05, 0.1) is 10.2 Å². The second-order valence-corrected chi connectivity index (χ2v) is 5.67. The van der Waals surface area contributed by atoms with Crippen LogP contribution in [0.15, 0.2) is 17.8 Å². The van der Waals surface area contributed by atoms with Crippen molar-refractivity contribution in [1.82, 2.24) is 9.97 Å². The summed E-state index contributed by atoms with van der Waals surface area (Å²) >= 11 is 1.73. The molecule has 1 atom stereocenters. The van der Waals surface area contributed by atoms with Crippen LogP contribution < -0.4 is 10.6 Å². The molecular formula is C13H18N4S. The molecule has 5 heteroatoms. The van der Waals surface area contributed by atoms with E-state index in [9.17, 15) is 0 Å². The summed E-state index contributed by atoms with van der Waals surface area (Å²) in [5, 5.41) is 2.09. The zero-order chi connectivity index (χ0) is 12.4. The van der Waals surface area contributed by atoms with E-state index < -0.39 is 0 Å². The average Bonchev–Trinajstić information content (AvgIpc) is 2.88. The molecule has 18 heavy (non-hydrogen) atoms. The van der Waals surface area contributed by atoms with Gasteiger partial charge in [0, 0.05) is 12.6 Å². The van der Waals surface area contributed by atoms with Crippen molar-refractivity contribution in [2.24, 2.45) is 5.73 Å². The SMILES string of the molecule is NCCC1CCCCN1c1ncnc2ccsc12. The highest BCUT2D eigenvalue weighted by Gasteiger charge is 2.24. The minimum Gasteiger partial charge on any atom is -0.352 e. The minimum absolute atomic E-state index is 0.545. The molecule has 1 aliphatic rings. The maximum atomic E-state index is 5.74. The predicted octanol–water partition coefficient (Wildman–Crippen LogP) is 2.40. The van der Waals surface area contributed by atoms with Gasteiger partial charge < -0.3 is 10.6 Å². The van der Waals surface area contributed by atoms with Gasteiger partial charge in [0.25, 0.3) is 0 Å². The molecule has 1 unspecified atom stereocenters. The lowest BCUT2D eigenvalue weighted by atomic mass is 9.99. The summed E-state index contributed by atoms with van der Waals surface area (Å²) in [6, 6.07) is 2.61. The Balaban J connectivity index is 1.98. The second kappa shape index (κ2) is 5.20. The molecule has 0 bridgehead atoms. The topological polar surface area (TPSA) is 55.0 Å². The number of hydrogen-bond acceptors (Lipinski definition) is 5. The van der Waals surface area contributed by atoms with Crippen LogP contribution in [0.25, 0.3) is 10.2 Å². The highest BCUT2D eigenvalue weighted by molar-refractivity contribution is 7.17. The minimum atomic E-state index is 0.545. The lowest BCUT2D eigenvalue weighted by Crippen LogP contribution is -2.41. The Hall–Kier alpha value is -1.20. The lowest BCUT2D eigenvalue weighted by Gasteiger charge is -2.36. The van der Waals surface area contributed by atoms with Gasteiger partial charge >= 0.3 is 0 Å². The summed E-state index contributed by atoms with van der Waals surface area (Å²) in [5.74, 6) is 1.10. The van der Waals surface area contributed by atoms with Crippen LogP contribution in [0.1, 0.15) is 25.7 Å². The van der Waals surface area contributed by atoms with Crippen LogP contribution in [0, 0.1) is 0 Å². The maximum Gasteiger partial charge on any atom is 0.150 e. The molecule has 1 saturated heterocycles. The van der Waals surface area contributed by atoms with E-state index in [4.69, 9.17) is 5.73 Å². The van der Waals surface area contributed by atoms with Gasteiger partial charge in [-0.2, -0.15) is 0 Å². The van der Waals surface area contributed by atoms with Gasteiger partial charge in [0.15, 0.2) is 0 Å². The van der Waals surface area contributed by atoms with Crippen LogP contribution in [0.5, 0.6) is 0 Å². The largest absolute Gasteiger partial charge is 0.352 e. The van der Waals surface area contributed by atoms with E-state index in [-0.39, 0.29) is 0 Å². The summed E-state index contributed by atoms with van der Waals surface area (Å²) in [4.78, 5) is 11.3. The van der Waals surface area contributed by atoms with Crippen molar-refractivity contribution < 1.29 is 0 Å². The highest BCUT2D eigenvalue weighted by atomic mass is 32.1. The first-order valence-electron chi connectivity index (χ1n) is 6.55. The molecule has 0 aromatic carbocycles. The van der Waals surface area contributed by atoms with Gasteiger partial charge in [-0.15, -0.1) is 11.3 Å². The van der Waals surface area contributed by atoms with Gasteiger partial charge in [-0.3, -0.25) is 0 Å². The number of fused-ring (bicyclic) bond motifs is 1. The number of rotatable bonds is 3. The third-order valence-corrected chi connectivity index (χ3v) is 4.52. The van der Waals surface area contributed by atoms with Crippen LogP contribution >= 0.6 is 11.3 Å². The van der Waals surface area contributed by atoms with Gasteiger partial charge in [-0.1, -0.05) is 0 Å². The normalized spacial score (nSPS) is 20.5. The van der Waals surface area contributed by atoms with Gasteiger partial charge in [-0.25, -0.2) is 9.97 Å². The zero-order valence-corrected chi connectivity index (χ0v) is 11.2. The van der Waals surface area contributed by atoms with E-state index in [0.29, 0.717) is 6.04 Å². The molecule has 96 valence electrons. The number of nitrogens with zero attached hydrogens (tertiary/aromatic N) is 3. The molecule has 2 aromatic heterocycles. The fourth-order valence-electron chi connectivity index (χ4n) is 2.75. The number of piperidine rings is 1. The van der Waals surface area contributed by atoms with Crippen molar-refractivity contribution in [3.05, 3.63) is 17.8 Å². The van der Waals surface area contributed by atoms with E-state index >= 15 is 0 Å².